The van der Waals surface area contributed by atoms with Gasteiger partial charge in [0.15, 0.2) is 0 Å². The van der Waals surface area contributed by atoms with Crippen LogP contribution in [0.1, 0.15) is 26.9 Å². The molecule has 12 rings (SSSR count). The van der Waals surface area contributed by atoms with Crippen LogP contribution in [-0.2, 0) is 27.4 Å². The topological polar surface area (TPSA) is 231 Å². The first-order valence-electron chi connectivity index (χ1n) is 28.1. The third kappa shape index (κ3) is 21.9. The fraction of sp³-hybridized carbons (Fsp3) is 0.111. The third-order valence-electron chi connectivity index (χ3n) is 13.8. The van der Waals surface area contributed by atoms with E-state index in [1.54, 1.807) is 47.0 Å². The molecule has 0 bridgehead atoms. The monoisotopic (exact) mass is 1400 g/mol. The van der Waals surface area contributed by atoms with E-state index in [2.05, 4.69) is 71.1 Å². The third-order valence-corrected chi connectivity index (χ3v) is 15.0. The van der Waals surface area contributed by atoms with Crippen LogP contribution in [-0.4, -0.2) is 70.7 Å². The van der Waals surface area contributed by atoms with Crippen LogP contribution in [0.25, 0.3) is 77.2 Å². The Balaban J connectivity index is 0.000000276. The summed E-state index contributed by atoms with van der Waals surface area (Å²) in [7, 11) is 6.57. The van der Waals surface area contributed by atoms with Crippen molar-refractivity contribution in [2.75, 3.05) is 44.8 Å². The molecule has 23 heteroatoms. The number of benzene rings is 9. The number of nitrogens with zero attached hydrogens (tertiary/aromatic N) is 6. The molecule has 0 aliphatic rings. The van der Waals surface area contributed by atoms with Crippen LogP contribution in [0.4, 0.5) is 17.6 Å². The Labute approximate surface area is 658 Å². The number of methoxy groups -OCH3 is 4. The molecule has 4 N–H and O–H groups in total. The minimum atomic E-state index is -0.275. The second-order valence-electron chi connectivity index (χ2n) is 19.6. The molecule has 0 fully saturated rings. The van der Waals surface area contributed by atoms with Crippen LogP contribution in [0, 0.1) is 0 Å². The summed E-state index contributed by atoms with van der Waals surface area (Å²) in [5.41, 5.74) is 18.5. The quantitative estimate of drug-likeness (QED) is 0.0216. The number of carbonyl (C=O) groups excluding carboxylic acids is 2. The fourth-order valence-corrected chi connectivity index (χ4v) is 10.1. The maximum Gasteiger partial charge on any atom is 1.00 e. The van der Waals surface area contributed by atoms with Crippen LogP contribution in [0.5, 0.6) is 23.0 Å². The van der Waals surface area contributed by atoms with Crippen LogP contribution < -0.4 is 143 Å². The van der Waals surface area contributed by atoms with E-state index in [1.807, 2.05) is 170 Å². The number of anilines is 3. The molecule has 12 aromatic rings. The maximum atomic E-state index is 11.7. The van der Waals surface area contributed by atoms with Crippen molar-refractivity contribution in [3.05, 3.63) is 245 Å². The molecule has 9 aromatic carbocycles. The van der Waals surface area contributed by atoms with Gasteiger partial charge in [0.25, 0.3) is 6.47 Å². The normalized spacial score (nSPS) is 10.0. The number of nitrogen functional groups attached to an aromatic ring is 1. The number of halogens is 4. The molecule has 0 aliphatic carbocycles. The van der Waals surface area contributed by atoms with Gasteiger partial charge in [-0.2, -0.15) is 0 Å². The van der Waals surface area contributed by atoms with Gasteiger partial charge in [-0.1, -0.05) is 147 Å². The SMILES string of the molecule is C.C=CC(=O)Nc1cccc(-c2cc(-c3ccccc3Cl)cc3cnc(N)nc23)c1.CCc1ccc(OC)cc1.COc1cc(-c2ccccc2Cl)cc2cnc(Cl)nc12.COc1ccc(CNc2ncc3cc(-c4ccccc4Cl)cc(OC)c3n2)cc1.O=CO[O-].[H-].[K+].[K+]. The number of ether oxygens (including phenoxy) is 4. The second kappa shape index (κ2) is 39.8. The summed E-state index contributed by atoms with van der Waals surface area (Å²) in [5, 5.41) is 19.3. The minimum Gasteiger partial charge on any atom is -1.00 e. The van der Waals surface area contributed by atoms with Gasteiger partial charge < -0.3 is 46.9 Å². The Hall–Kier alpha value is -7.13. The van der Waals surface area contributed by atoms with Crippen molar-refractivity contribution in [1.29, 1.82) is 0 Å². The predicted octanol–water partition coefficient (Wildman–Crippen LogP) is 11.0. The van der Waals surface area contributed by atoms with E-state index in [0.29, 0.717) is 50.3 Å². The number of carbonyl (C=O) groups is 2. The first-order chi connectivity index (χ1) is 44.7. The van der Waals surface area contributed by atoms with Gasteiger partial charge in [0.05, 0.1) is 34.0 Å². The Bertz CT molecular complexity index is 4510. The van der Waals surface area contributed by atoms with Gasteiger partial charge in [-0.05, 0) is 148 Å². The van der Waals surface area contributed by atoms with E-state index >= 15 is 0 Å². The molecule has 0 aliphatic heterocycles. The Morgan fingerprint density at radius 1 is 0.547 bits per heavy atom. The van der Waals surface area contributed by atoms with Crippen molar-refractivity contribution in [2.24, 2.45) is 0 Å². The van der Waals surface area contributed by atoms with Gasteiger partial charge in [0.2, 0.25) is 23.1 Å². The van der Waals surface area contributed by atoms with E-state index in [1.165, 1.54) is 11.6 Å². The van der Waals surface area contributed by atoms with Gasteiger partial charge in [0, 0.05) is 84.3 Å². The van der Waals surface area contributed by atoms with Gasteiger partial charge in [0.1, 0.15) is 34.0 Å². The molecule has 0 atom stereocenters. The fourth-order valence-electron chi connectivity index (χ4n) is 9.28. The summed E-state index contributed by atoms with van der Waals surface area (Å²) < 4.78 is 21.2. The smallest absolute Gasteiger partial charge is 1.00 e. The molecule has 95 heavy (non-hydrogen) atoms. The molecule has 0 unspecified atom stereocenters. The van der Waals surface area contributed by atoms with E-state index in [0.717, 1.165) is 95.2 Å². The number of hydrogen-bond donors (Lipinski definition) is 3. The van der Waals surface area contributed by atoms with Crippen molar-refractivity contribution in [3.8, 4) is 67.5 Å². The zero-order chi connectivity index (χ0) is 65.5. The van der Waals surface area contributed by atoms with Crippen molar-refractivity contribution in [3.63, 3.8) is 0 Å². The second-order valence-corrected chi connectivity index (χ2v) is 21.1. The Morgan fingerprint density at radius 2 is 1.01 bits per heavy atom. The summed E-state index contributed by atoms with van der Waals surface area (Å²) in [5.74, 6) is 3.53. The molecule has 0 saturated heterocycles. The van der Waals surface area contributed by atoms with Gasteiger partial charge in [-0.15, -0.1) is 0 Å². The Morgan fingerprint density at radius 3 is 1.48 bits per heavy atom. The van der Waals surface area contributed by atoms with Crippen molar-refractivity contribution in [2.45, 2.75) is 27.3 Å². The molecule has 1 amide bonds. The first-order valence-corrected chi connectivity index (χ1v) is 29.6. The molecule has 476 valence electrons. The van der Waals surface area contributed by atoms with Crippen molar-refractivity contribution < 1.29 is 143 Å². The number of nitrogens with two attached hydrogens (primary N) is 1. The van der Waals surface area contributed by atoms with Gasteiger partial charge in [-0.3, -0.25) is 9.59 Å². The largest absolute Gasteiger partial charge is 1.00 e. The zero-order valence-corrected chi connectivity index (χ0v) is 61.6. The van der Waals surface area contributed by atoms with Crippen LogP contribution >= 0.6 is 46.4 Å². The van der Waals surface area contributed by atoms with Gasteiger partial charge >= 0.3 is 103 Å². The number of fused-ring (bicyclic) bond motifs is 3. The molecular weight excluding hydrogens is 1340 g/mol. The zero-order valence-electron chi connectivity index (χ0n) is 53.4. The first kappa shape index (κ1) is 78.6. The summed E-state index contributed by atoms with van der Waals surface area (Å²) in [4.78, 5) is 48.8. The standard InChI is InChI=1S/C23H17ClN4O.C23H20ClN3O2.C15H10Cl2N2O.C9H12O.CH2O3.CH4.2K.H/c1-2-21(29)27-17-7-5-6-14(11-17)19-12-15(18-8-3-4-9-20(18)24)10-16-13-26-23(25)28-22(16)19;1-28-18-9-7-15(8-10-18)13-25-23-26-14-17-11-16(12-21(29-2)22(17)27-23)19-5-3-4-6-20(19)24;1-20-13-7-9(11-4-2-3-5-12(11)16)6-10-8-18-15(17)19-14(10)13;1-3-8-4-6-9(10-2)7-5-8;2-1-4-3;;;;/h2-13H,1H2,(H,27,29)(H2,25,26,28);3-12,14H,13H2,1-2H3,(H,25,26,27);2-8H,1H3;4-7H,3H2,1-2H3;1,3H;1H4;;;/q;;;;;;2*+1;-1/p-1. The Kier molecular flexibility index (Phi) is 32.9. The summed E-state index contributed by atoms with van der Waals surface area (Å²) in [6.07, 6.45) is 7.48. The van der Waals surface area contributed by atoms with E-state index in [-0.39, 0.29) is 135 Å². The number of aryl methyl sites for hydroxylation is 1. The number of amides is 1. The number of rotatable bonds is 15. The molecule has 17 nitrogen and oxygen atoms in total. The van der Waals surface area contributed by atoms with E-state index < -0.39 is 0 Å². The maximum absolute atomic E-state index is 11.7. The van der Waals surface area contributed by atoms with E-state index in [9.17, 15) is 4.79 Å². The number of hydrogen-bond acceptors (Lipinski definition) is 16. The molecule has 3 aromatic heterocycles. The average Bonchev–Trinajstić information content (AvgIpc) is 0.789. The van der Waals surface area contributed by atoms with Crippen molar-refractivity contribution in [1.82, 2.24) is 29.9 Å². The molecule has 0 radical (unpaired) electrons. The van der Waals surface area contributed by atoms with Crippen LogP contribution in [0.15, 0.2) is 213 Å². The summed E-state index contributed by atoms with van der Waals surface area (Å²) in [6, 6.07) is 58.4. The average molecular weight is 1400 g/mol. The van der Waals surface area contributed by atoms with Crippen LogP contribution in [0.3, 0.4) is 0 Å². The molecule has 0 spiro atoms. The van der Waals surface area contributed by atoms with Crippen molar-refractivity contribution >= 4 is 109 Å². The summed E-state index contributed by atoms with van der Waals surface area (Å²) in [6.45, 7) is 6.05. The van der Waals surface area contributed by atoms with E-state index in [4.69, 9.17) is 81.1 Å². The van der Waals surface area contributed by atoms with Gasteiger partial charge in [-0.25, -0.2) is 29.9 Å². The molecule has 3 heterocycles. The number of nitrogens with one attached hydrogen (secondary N) is 2. The number of aromatic nitrogens is 6. The molecular formula is C72H65Cl4K2N9O8. The molecule has 0 saturated carbocycles. The minimum absolute atomic E-state index is 0. The van der Waals surface area contributed by atoms with Crippen LogP contribution in [0.2, 0.25) is 20.4 Å². The summed E-state index contributed by atoms with van der Waals surface area (Å²) >= 11 is 24.9. The predicted molar refractivity (Wildman–Crippen MR) is 374 cm³/mol.